The predicted octanol–water partition coefficient (Wildman–Crippen LogP) is 4.91. The van der Waals surface area contributed by atoms with Crippen LogP contribution in [0.3, 0.4) is 0 Å². The molecule has 0 aliphatic rings. The largest absolute Gasteiger partial charge is 0.399 e. The second-order valence-corrected chi connectivity index (χ2v) is 6.12. The highest BCUT2D eigenvalue weighted by atomic mass is 79.9. The van der Waals surface area contributed by atoms with Gasteiger partial charge in [0.15, 0.2) is 0 Å². The summed E-state index contributed by atoms with van der Waals surface area (Å²) in [5.74, 6) is -0.118. The van der Waals surface area contributed by atoms with Crippen LogP contribution in [0.1, 0.15) is 12.0 Å². The zero-order valence-corrected chi connectivity index (χ0v) is 14.1. The molecule has 3 N–H and O–H groups in total. The minimum Gasteiger partial charge on any atom is -0.399 e. The van der Waals surface area contributed by atoms with Crippen molar-refractivity contribution in [3.05, 3.63) is 56.5 Å². The van der Waals surface area contributed by atoms with Crippen LogP contribution in [0.15, 0.2) is 40.9 Å². The van der Waals surface area contributed by atoms with E-state index < -0.39 is 0 Å². The molecule has 0 aromatic heterocycles. The highest BCUT2D eigenvalue weighted by molar-refractivity contribution is 9.10. The smallest absolute Gasteiger partial charge is 0.224 e. The monoisotopic (exact) mass is 386 g/mol. The van der Waals surface area contributed by atoms with Gasteiger partial charge in [-0.2, -0.15) is 0 Å². The molecule has 0 saturated carbocycles. The molecule has 0 saturated heterocycles. The number of carbonyl (C=O) groups is 1. The van der Waals surface area contributed by atoms with Crippen LogP contribution in [-0.2, 0) is 11.2 Å². The third-order valence-corrected chi connectivity index (χ3v) is 4.70. The topological polar surface area (TPSA) is 55.1 Å². The third-order valence-electron chi connectivity index (χ3n) is 2.93. The van der Waals surface area contributed by atoms with E-state index in [4.69, 9.17) is 28.9 Å². The molecule has 0 heterocycles. The van der Waals surface area contributed by atoms with E-state index in [1.165, 1.54) is 0 Å². The molecule has 110 valence electrons. The van der Waals surface area contributed by atoms with Gasteiger partial charge in [-0.1, -0.05) is 35.3 Å². The summed E-state index contributed by atoms with van der Waals surface area (Å²) in [6.45, 7) is 0. The number of rotatable bonds is 4. The van der Waals surface area contributed by atoms with Crippen molar-refractivity contribution >= 4 is 56.4 Å². The Morgan fingerprint density at radius 2 is 1.76 bits per heavy atom. The number of hydrogen-bond donors (Lipinski definition) is 2. The minimum absolute atomic E-state index is 0.118. The Morgan fingerprint density at radius 1 is 1.10 bits per heavy atom. The van der Waals surface area contributed by atoms with Gasteiger partial charge < -0.3 is 11.1 Å². The molecule has 1 amide bonds. The molecule has 0 aliphatic carbocycles. The molecule has 21 heavy (non-hydrogen) atoms. The number of amides is 1. The van der Waals surface area contributed by atoms with Crippen LogP contribution in [0, 0.1) is 0 Å². The predicted molar refractivity (Wildman–Crippen MR) is 92.0 cm³/mol. The molecule has 2 aromatic carbocycles. The fourth-order valence-corrected chi connectivity index (χ4v) is 2.60. The van der Waals surface area contributed by atoms with E-state index in [9.17, 15) is 4.79 Å². The Bertz CT molecular complexity index is 659. The maximum atomic E-state index is 12.0. The molecular weight excluding hydrogens is 375 g/mol. The lowest BCUT2D eigenvalue weighted by atomic mass is 10.1. The minimum atomic E-state index is -0.118. The average Bonchev–Trinajstić information content (AvgIpc) is 2.47. The van der Waals surface area contributed by atoms with E-state index in [1.807, 2.05) is 24.3 Å². The number of nitrogens with two attached hydrogens (primary N) is 1. The number of halogens is 3. The van der Waals surface area contributed by atoms with Gasteiger partial charge in [-0.25, -0.2) is 0 Å². The Kier molecular flexibility index (Phi) is 5.51. The van der Waals surface area contributed by atoms with Crippen molar-refractivity contribution in [3.63, 3.8) is 0 Å². The van der Waals surface area contributed by atoms with Crippen molar-refractivity contribution in [1.29, 1.82) is 0 Å². The molecule has 0 spiro atoms. The Balaban J connectivity index is 1.96. The summed E-state index contributed by atoms with van der Waals surface area (Å²) in [7, 11) is 0. The molecule has 0 aliphatic heterocycles. The molecule has 3 nitrogen and oxygen atoms in total. The molecule has 2 rings (SSSR count). The molecule has 0 atom stereocenters. The second-order valence-electron chi connectivity index (χ2n) is 4.51. The lowest BCUT2D eigenvalue weighted by Gasteiger charge is -2.09. The van der Waals surface area contributed by atoms with E-state index in [-0.39, 0.29) is 5.91 Å². The van der Waals surface area contributed by atoms with Gasteiger partial charge in [0.2, 0.25) is 5.91 Å². The van der Waals surface area contributed by atoms with Crippen LogP contribution in [0.2, 0.25) is 10.0 Å². The molecule has 0 bridgehead atoms. The van der Waals surface area contributed by atoms with Crippen molar-refractivity contribution in [2.24, 2.45) is 0 Å². The Labute approximate surface area is 141 Å². The molecular formula is C15H13BrCl2N2O. The van der Waals surface area contributed by atoms with E-state index in [1.54, 1.807) is 12.1 Å². The zero-order chi connectivity index (χ0) is 15.4. The first kappa shape index (κ1) is 16.1. The maximum Gasteiger partial charge on any atom is 0.224 e. The summed E-state index contributed by atoms with van der Waals surface area (Å²) in [6, 6.07) is 10.9. The van der Waals surface area contributed by atoms with Gasteiger partial charge in [0.25, 0.3) is 0 Å². The van der Waals surface area contributed by atoms with Gasteiger partial charge in [-0.05, 0) is 52.2 Å². The quantitative estimate of drug-likeness (QED) is 0.578. The third kappa shape index (κ3) is 4.37. The summed E-state index contributed by atoms with van der Waals surface area (Å²) in [6.07, 6.45) is 0.988. The SMILES string of the molecule is Nc1ccc(CCC(=O)Nc2ccc(Br)c(Cl)c2Cl)cc1. The summed E-state index contributed by atoms with van der Waals surface area (Å²) in [5, 5.41) is 3.47. The average molecular weight is 388 g/mol. The van der Waals surface area contributed by atoms with Crippen LogP contribution < -0.4 is 11.1 Å². The van der Waals surface area contributed by atoms with Crippen LogP contribution >= 0.6 is 39.1 Å². The second kappa shape index (κ2) is 7.16. The number of anilines is 2. The van der Waals surface area contributed by atoms with Crippen LogP contribution in [0.4, 0.5) is 11.4 Å². The maximum absolute atomic E-state index is 12.0. The zero-order valence-electron chi connectivity index (χ0n) is 11.0. The first-order valence-corrected chi connectivity index (χ1v) is 7.80. The van der Waals surface area contributed by atoms with Crippen LogP contribution in [-0.4, -0.2) is 5.91 Å². The highest BCUT2D eigenvalue weighted by Crippen LogP contribution is 2.35. The van der Waals surface area contributed by atoms with Crippen molar-refractivity contribution < 1.29 is 4.79 Å². The number of hydrogen-bond acceptors (Lipinski definition) is 2. The summed E-state index contributed by atoms with van der Waals surface area (Å²) in [4.78, 5) is 12.0. The van der Waals surface area contributed by atoms with Crippen molar-refractivity contribution in [2.75, 3.05) is 11.1 Å². The van der Waals surface area contributed by atoms with Crippen LogP contribution in [0.25, 0.3) is 0 Å². The van der Waals surface area contributed by atoms with Gasteiger partial charge in [-0.15, -0.1) is 0 Å². The van der Waals surface area contributed by atoms with E-state index >= 15 is 0 Å². The molecule has 0 fully saturated rings. The molecule has 6 heteroatoms. The van der Waals surface area contributed by atoms with Gasteiger partial charge >= 0.3 is 0 Å². The summed E-state index contributed by atoms with van der Waals surface area (Å²) >= 11 is 15.4. The van der Waals surface area contributed by atoms with E-state index in [0.717, 1.165) is 5.56 Å². The first-order chi connectivity index (χ1) is 9.97. The van der Waals surface area contributed by atoms with E-state index in [0.29, 0.717) is 38.7 Å². The van der Waals surface area contributed by atoms with Gasteiger partial charge in [0.05, 0.1) is 15.7 Å². The molecule has 0 unspecified atom stereocenters. The Hall–Kier alpha value is -1.23. The molecule has 2 aromatic rings. The number of nitrogens with one attached hydrogen (secondary N) is 1. The lowest BCUT2D eigenvalue weighted by Crippen LogP contribution is -2.12. The number of benzene rings is 2. The summed E-state index contributed by atoms with van der Waals surface area (Å²) < 4.78 is 0.689. The van der Waals surface area contributed by atoms with Crippen molar-refractivity contribution in [3.8, 4) is 0 Å². The fraction of sp³-hybridized carbons (Fsp3) is 0.133. The summed E-state index contributed by atoms with van der Waals surface area (Å²) in [5.41, 5.74) is 7.89. The fourth-order valence-electron chi connectivity index (χ4n) is 1.78. The first-order valence-electron chi connectivity index (χ1n) is 6.25. The normalized spacial score (nSPS) is 10.4. The van der Waals surface area contributed by atoms with Crippen LogP contribution in [0.5, 0.6) is 0 Å². The lowest BCUT2D eigenvalue weighted by molar-refractivity contribution is -0.116. The number of carbonyl (C=O) groups excluding carboxylic acids is 1. The van der Waals surface area contributed by atoms with Crippen molar-refractivity contribution in [1.82, 2.24) is 0 Å². The van der Waals surface area contributed by atoms with Crippen molar-refractivity contribution in [2.45, 2.75) is 12.8 Å². The van der Waals surface area contributed by atoms with E-state index in [2.05, 4.69) is 21.2 Å². The molecule has 0 radical (unpaired) electrons. The highest BCUT2D eigenvalue weighted by Gasteiger charge is 2.11. The van der Waals surface area contributed by atoms with Gasteiger partial charge in [-0.3, -0.25) is 4.79 Å². The van der Waals surface area contributed by atoms with Gasteiger partial charge in [0.1, 0.15) is 0 Å². The van der Waals surface area contributed by atoms with Gasteiger partial charge in [0, 0.05) is 16.6 Å². The number of aryl methyl sites for hydroxylation is 1. The Morgan fingerprint density at radius 3 is 2.43 bits per heavy atom. The standard InChI is InChI=1S/C15H13BrCl2N2O/c16-11-6-7-12(15(18)14(11)17)20-13(21)8-3-9-1-4-10(19)5-2-9/h1-2,4-7H,3,8,19H2,(H,20,21). The number of nitrogen functional groups attached to an aromatic ring is 1.